The third-order valence-corrected chi connectivity index (χ3v) is 6.03. The Hall–Kier alpha value is -2.86. The van der Waals surface area contributed by atoms with E-state index in [1.807, 2.05) is 29.3 Å². The van der Waals surface area contributed by atoms with Crippen molar-refractivity contribution in [2.45, 2.75) is 37.6 Å². The van der Waals surface area contributed by atoms with Crippen LogP contribution < -0.4 is 10.2 Å². The number of nitrogens with zero attached hydrogens (tertiary/aromatic N) is 4. The number of nitrogens with one attached hydrogen (secondary N) is 2. The van der Waals surface area contributed by atoms with Gasteiger partial charge in [-0.2, -0.15) is 5.10 Å². The minimum atomic E-state index is 0.570. The van der Waals surface area contributed by atoms with E-state index in [9.17, 15) is 0 Å². The summed E-state index contributed by atoms with van der Waals surface area (Å²) >= 11 is 4.64. The zero-order valence-electron chi connectivity index (χ0n) is 17.8. The summed E-state index contributed by atoms with van der Waals surface area (Å²) in [4.78, 5) is 6.58. The van der Waals surface area contributed by atoms with E-state index < -0.39 is 0 Å². The number of benzene rings is 1. The fourth-order valence-electron chi connectivity index (χ4n) is 4.18. The second kappa shape index (κ2) is 9.96. The summed E-state index contributed by atoms with van der Waals surface area (Å²) in [6.45, 7) is 2.08. The number of halogens is 1. The average Bonchev–Trinajstić information content (AvgIpc) is 3.60. The van der Waals surface area contributed by atoms with Crippen molar-refractivity contribution in [2.24, 2.45) is 0 Å². The highest BCUT2D eigenvalue weighted by Crippen LogP contribution is 2.36. The van der Waals surface area contributed by atoms with Crippen molar-refractivity contribution in [1.29, 1.82) is 5.41 Å². The van der Waals surface area contributed by atoms with Gasteiger partial charge in [-0.1, -0.05) is 0 Å². The molecule has 31 heavy (non-hydrogen) atoms. The number of piperidine rings is 1. The van der Waals surface area contributed by atoms with E-state index in [1.54, 1.807) is 0 Å². The molecule has 6 nitrogen and oxygen atoms in total. The minimum absolute atomic E-state index is 0.570. The Balaban J connectivity index is 0.00000112. The van der Waals surface area contributed by atoms with Crippen molar-refractivity contribution in [3.8, 4) is 0 Å². The maximum Gasteiger partial charge on any atom is 0.0770 e. The van der Waals surface area contributed by atoms with E-state index in [0.29, 0.717) is 12.0 Å². The largest absolute Gasteiger partial charge is 0.371 e. The number of aromatic nitrogens is 3. The molecule has 0 atom stereocenters. The fraction of sp³-hybridized carbons (Fsp3) is 0.375. The molecule has 2 aliphatic rings. The van der Waals surface area contributed by atoms with Crippen LogP contribution in [0.2, 0.25) is 0 Å². The molecule has 0 amide bonds. The second-order valence-electron chi connectivity index (χ2n) is 8.02. The van der Waals surface area contributed by atoms with E-state index in [2.05, 4.69) is 62.4 Å². The third-order valence-electron chi connectivity index (χ3n) is 6.03. The molecule has 0 spiro atoms. The van der Waals surface area contributed by atoms with Gasteiger partial charge in [0.1, 0.15) is 0 Å². The van der Waals surface area contributed by atoms with Gasteiger partial charge in [-0.3, -0.25) is 9.67 Å². The highest BCUT2D eigenvalue weighted by Gasteiger charge is 2.24. The monoisotopic (exact) mass is 436 g/mol. The van der Waals surface area contributed by atoms with E-state index in [4.69, 9.17) is 5.41 Å². The second-order valence-corrected chi connectivity index (χ2v) is 8.02. The lowest BCUT2D eigenvalue weighted by atomic mass is 9.90. The number of pyridine rings is 1. The van der Waals surface area contributed by atoms with Gasteiger partial charge < -0.3 is 15.6 Å². The maximum atomic E-state index is 7.77. The normalized spacial score (nSPS) is 16.4. The van der Waals surface area contributed by atoms with Crippen LogP contribution in [-0.2, 0) is 0 Å². The Bertz CT molecular complexity index is 990. The molecule has 1 aliphatic carbocycles. The van der Waals surface area contributed by atoms with Gasteiger partial charge in [0.05, 0.1) is 17.9 Å². The van der Waals surface area contributed by atoms with Crippen LogP contribution in [0.4, 0.5) is 17.1 Å². The van der Waals surface area contributed by atoms with E-state index >= 15 is 0 Å². The maximum absolute atomic E-state index is 7.77. The molecule has 0 radical (unpaired) electrons. The van der Waals surface area contributed by atoms with Crippen LogP contribution in [0, 0.1) is 5.41 Å². The van der Waals surface area contributed by atoms with E-state index in [0.717, 1.165) is 42.9 Å². The molecular weight excluding hydrogens is 408 g/mol. The predicted molar refractivity (Wildman–Crippen MR) is 128 cm³/mol. The molecule has 1 aliphatic heterocycles. The van der Waals surface area contributed by atoms with Crippen molar-refractivity contribution in [1.82, 2.24) is 14.8 Å². The van der Waals surface area contributed by atoms with Gasteiger partial charge >= 0.3 is 0 Å². The van der Waals surface area contributed by atoms with Gasteiger partial charge in [-0.05, 0) is 67.5 Å². The fourth-order valence-corrected chi connectivity index (χ4v) is 4.18. The van der Waals surface area contributed by atoms with Crippen molar-refractivity contribution in [2.75, 3.05) is 29.7 Å². The Labute approximate surface area is 188 Å². The molecule has 2 N–H and O–H groups in total. The molecule has 0 bridgehead atoms. The standard InChI is InChI=1S/C23H26N6.CH3Cl/c24-14-19-1-2-22(13-23(19)27-20-15-26-29(16-20)21-3-4-21)28-11-7-18(8-12-28)17-5-9-25-10-6-17;1-2/h1-2,5-6,9-10,13-16,18,21,24,27H,3-4,7-8,11-12H2;1H3. The van der Waals surface area contributed by atoms with Crippen LogP contribution in [0.25, 0.3) is 0 Å². The Morgan fingerprint density at radius 2 is 1.81 bits per heavy atom. The molecule has 2 fully saturated rings. The topological polar surface area (TPSA) is 69.8 Å². The Morgan fingerprint density at radius 3 is 2.48 bits per heavy atom. The van der Waals surface area contributed by atoms with Crippen LogP contribution in [0.3, 0.4) is 0 Å². The van der Waals surface area contributed by atoms with Crippen LogP contribution in [-0.4, -0.2) is 40.5 Å². The van der Waals surface area contributed by atoms with Crippen molar-refractivity contribution < 1.29 is 0 Å². The van der Waals surface area contributed by atoms with Crippen LogP contribution in [0.1, 0.15) is 48.8 Å². The molecule has 3 aromatic rings. The molecular formula is C24H29ClN6. The van der Waals surface area contributed by atoms with Gasteiger partial charge in [-0.15, -0.1) is 11.6 Å². The van der Waals surface area contributed by atoms with Gasteiger partial charge in [0, 0.05) is 61.2 Å². The number of anilines is 3. The Morgan fingerprint density at radius 1 is 1.06 bits per heavy atom. The zero-order valence-corrected chi connectivity index (χ0v) is 18.6. The zero-order chi connectivity index (χ0) is 21.6. The van der Waals surface area contributed by atoms with E-state index in [-0.39, 0.29) is 0 Å². The summed E-state index contributed by atoms with van der Waals surface area (Å²) in [5.41, 5.74) is 5.44. The van der Waals surface area contributed by atoms with Crippen molar-refractivity contribution in [3.05, 3.63) is 66.2 Å². The molecule has 162 valence electrons. The molecule has 2 aromatic heterocycles. The van der Waals surface area contributed by atoms with Crippen LogP contribution in [0.5, 0.6) is 0 Å². The summed E-state index contributed by atoms with van der Waals surface area (Å²) in [5.74, 6) is 0.612. The van der Waals surface area contributed by atoms with Gasteiger partial charge in [0.25, 0.3) is 0 Å². The van der Waals surface area contributed by atoms with Crippen LogP contribution in [0.15, 0.2) is 55.1 Å². The molecule has 3 heterocycles. The summed E-state index contributed by atoms with van der Waals surface area (Å²) in [6.07, 6.45) is 15.3. The molecule has 1 saturated carbocycles. The summed E-state index contributed by atoms with van der Waals surface area (Å²) < 4.78 is 2.04. The summed E-state index contributed by atoms with van der Waals surface area (Å²) in [6, 6.07) is 11.2. The predicted octanol–water partition coefficient (Wildman–Crippen LogP) is 5.59. The first kappa shape index (κ1) is 21.4. The molecule has 1 aromatic carbocycles. The van der Waals surface area contributed by atoms with Gasteiger partial charge in [0.2, 0.25) is 0 Å². The number of rotatable bonds is 6. The lowest BCUT2D eigenvalue weighted by Crippen LogP contribution is -2.32. The smallest absolute Gasteiger partial charge is 0.0770 e. The highest BCUT2D eigenvalue weighted by molar-refractivity contribution is 6.15. The first-order chi connectivity index (χ1) is 15.3. The first-order valence-electron chi connectivity index (χ1n) is 10.8. The van der Waals surface area contributed by atoms with Gasteiger partial charge in [0.15, 0.2) is 0 Å². The van der Waals surface area contributed by atoms with Gasteiger partial charge in [-0.25, -0.2) is 0 Å². The molecule has 0 unspecified atom stereocenters. The summed E-state index contributed by atoms with van der Waals surface area (Å²) in [5, 5.41) is 15.7. The number of hydrogen-bond donors (Lipinski definition) is 2. The molecule has 7 heteroatoms. The Kier molecular flexibility index (Phi) is 6.87. The lowest BCUT2D eigenvalue weighted by Gasteiger charge is -2.34. The quantitative estimate of drug-likeness (QED) is 0.390. The van der Waals surface area contributed by atoms with E-state index in [1.165, 1.54) is 36.7 Å². The minimum Gasteiger partial charge on any atom is -0.371 e. The lowest BCUT2D eigenvalue weighted by molar-refractivity contribution is 0.505. The van der Waals surface area contributed by atoms with Crippen molar-refractivity contribution >= 4 is 34.9 Å². The SMILES string of the molecule is CCl.N=Cc1ccc(N2CCC(c3ccncc3)CC2)cc1Nc1cnn(C2CC2)c1. The van der Waals surface area contributed by atoms with Crippen LogP contribution >= 0.6 is 11.6 Å². The molecule has 1 saturated heterocycles. The number of hydrogen-bond acceptors (Lipinski definition) is 5. The number of alkyl halides is 1. The average molecular weight is 437 g/mol. The highest BCUT2D eigenvalue weighted by atomic mass is 35.5. The molecule has 5 rings (SSSR count). The first-order valence-corrected chi connectivity index (χ1v) is 11.5. The summed E-state index contributed by atoms with van der Waals surface area (Å²) in [7, 11) is 0. The van der Waals surface area contributed by atoms with Crippen molar-refractivity contribution in [3.63, 3.8) is 0 Å². The third kappa shape index (κ3) is 5.07.